The molecule has 0 aliphatic carbocycles. The Morgan fingerprint density at radius 2 is 2.21 bits per heavy atom. The fourth-order valence-electron chi connectivity index (χ4n) is 1.60. The molecule has 0 bridgehead atoms. The predicted molar refractivity (Wildman–Crippen MR) is 81.1 cm³/mol. The highest BCUT2D eigenvalue weighted by molar-refractivity contribution is 8.00. The van der Waals surface area contributed by atoms with Crippen LogP contribution in [0.3, 0.4) is 0 Å². The molecule has 1 rings (SSSR count). The van der Waals surface area contributed by atoms with Gasteiger partial charge in [0.2, 0.25) is 5.91 Å². The number of carbonyl (C=O) groups excluding carboxylic acids is 1. The quantitative estimate of drug-likeness (QED) is 0.859. The number of nitrogens with zero attached hydrogens (tertiary/aromatic N) is 2. The summed E-state index contributed by atoms with van der Waals surface area (Å²) < 4.78 is -0.254. The van der Waals surface area contributed by atoms with Crippen LogP contribution in [-0.2, 0) is 11.2 Å². The number of hydrogen-bond donors (Lipinski definition) is 1. The Labute approximate surface area is 119 Å². The van der Waals surface area contributed by atoms with E-state index in [-0.39, 0.29) is 10.7 Å². The molecule has 0 saturated carbocycles. The lowest BCUT2D eigenvalue weighted by Crippen LogP contribution is -2.52. The smallest absolute Gasteiger partial charge is 0.240 e. The molecule has 5 heteroatoms. The van der Waals surface area contributed by atoms with E-state index >= 15 is 0 Å². The number of thioether (sulfide) groups is 1. The molecule has 1 aromatic rings. The van der Waals surface area contributed by atoms with Crippen LogP contribution in [0.2, 0.25) is 0 Å². The van der Waals surface area contributed by atoms with Gasteiger partial charge in [-0.2, -0.15) is 11.8 Å². The molecule has 106 valence electrons. The van der Waals surface area contributed by atoms with E-state index in [1.165, 1.54) is 0 Å². The molecule has 0 aliphatic heterocycles. The molecule has 19 heavy (non-hydrogen) atoms. The topological polar surface area (TPSA) is 59.2 Å². The molecule has 0 saturated heterocycles. The summed E-state index contributed by atoms with van der Waals surface area (Å²) in [6, 6.07) is 5.31. The Morgan fingerprint density at radius 3 is 2.74 bits per heavy atom. The minimum Gasteiger partial charge on any atom is -0.344 e. The van der Waals surface area contributed by atoms with Crippen LogP contribution >= 0.6 is 11.8 Å². The predicted octanol–water partition coefficient (Wildman–Crippen LogP) is 1.55. The van der Waals surface area contributed by atoms with Crippen LogP contribution in [0, 0.1) is 0 Å². The van der Waals surface area contributed by atoms with Crippen molar-refractivity contribution < 1.29 is 4.79 Å². The highest BCUT2D eigenvalue weighted by atomic mass is 32.2. The SMILES string of the molecule is CSC(C)(C)[C@H](N)C(=O)N(C)CCc1ccccn1. The van der Waals surface area contributed by atoms with Crippen molar-refractivity contribution in [2.24, 2.45) is 5.73 Å². The van der Waals surface area contributed by atoms with Crippen molar-refractivity contribution in [2.75, 3.05) is 19.8 Å². The van der Waals surface area contributed by atoms with Gasteiger partial charge in [0.25, 0.3) is 0 Å². The van der Waals surface area contributed by atoms with Crippen LogP contribution in [-0.4, -0.2) is 46.4 Å². The van der Waals surface area contributed by atoms with E-state index in [4.69, 9.17) is 5.73 Å². The van der Waals surface area contributed by atoms with E-state index in [0.717, 1.165) is 12.1 Å². The van der Waals surface area contributed by atoms with Crippen molar-refractivity contribution >= 4 is 17.7 Å². The highest BCUT2D eigenvalue weighted by Gasteiger charge is 2.32. The van der Waals surface area contributed by atoms with E-state index in [9.17, 15) is 4.79 Å². The van der Waals surface area contributed by atoms with Gasteiger partial charge in [-0.15, -0.1) is 0 Å². The van der Waals surface area contributed by atoms with Crippen molar-refractivity contribution in [3.63, 3.8) is 0 Å². The van der Waals surface area contributed by atoms with Crippen molar-refractivity contribution in [1.82, 2.24) is 9.88 Å². The molecule has 0 unspecified atom stereocenters. The monoisotopic (exact) mass is 281 g/mol. The summed E-state index contributed by atoms with van der Waals surface area (Å²) in [5.74, 6) is -0.0183. The van der Waals surface area contributed by atoms with Gasteiger partial charge in [0.05, 0.1) is 6.04 Å². The maximum Gasteiger partial charge on any atom is 0.240 e. The summed E-state index contributed by atoms with van der Waals surface area (Å²) in [5.41, 5.74) is 7.03. The second kappa shape index (κ2) is 6.91. The fraction of sp³-hybridized carbons (Fsp3) is 0.571. The average molecular weight is 281 g/mol. The van der Waals surface area contributed by atoms with Gasteiger partial charge in [0.1, 0.15) is 0 Å². The fourth-order valence-corrected chi connectivity index (χ4v) is 1.95. The van der Waals surface area contributed by atoms with Crippen molar-refractivity contribution in [1.29, 1.82) is 0 Å². The number of pyridine rings is 1. The summed E-state index contributed by atoms with van der Waals surface area (Å²) >= 11 is 1.61. The molecule has 0 spiro atoms. The van der Waals surface area contributed by atoms with Gasteiger partial charge in [-0.25, -0.2) is 0 Å². The number of nitrogens with two attached hydrogens (primary N) is 1. The second-order valence-corrected chi connectivity index (χ2v) is 6.58. The van der Waals surface area contributed by atoms with Crippen LogP contribution in [0.25, 0.3) is 0 Å². The van der Waals surface area contributed by atoms with Gasteiger partial charge in [-0.05, 0) is 32.2 Å². The maximum absolute atomic E-state index is 12.2. The first-order valence-corrected chi connectivity index (χ1v) is 7.56. The van der Waals surface area contributed by atoms with E-state index in [1.807, 2.05) is 38.3 Å². The number of rotatable bonds is 6. The lowest BCUT2D eigenvalue weighted by atomic mass is 10.0. The van der Waals surface area contributed by atoms with E-state index in [0.29, 0.717) is 6.54 Å². The molecule has 0 radical (unpaired) electrons. The first-order chi connectivity index (χ1) is 8.88. The van der Waals surface area contributed by atoms with Crippen LogP contribution in [0.15, 0.2) is 24.4 Å². The number of carbonyl (C=O) groups is 1. The molecule has 2 N–H and O–H groups in total. The van der Waals surface area contributed by atoms with E-state index in [2.05, 4.69) is 4.98 Å². The molecular weight excluding hydrogens is 258 g/mol. The zero-order chi connectivity index (χ0) is 14.5. The minimum atomic E-state index is -0.490. The lowest BCUT2D eigenvalue weighted by Gasteiger charge is -2.31. The van der Waals surface area contributed by atoms with Gasteiger partial charge in [0, 0.05) is 36.7 Å². The molecular formula is C14H23N3OS. The normalized spacial score (nSPS) is 13.1. The number of hydrogen-bond acceptors (Lipinski definition) is 4. The van der Waals surface area contributed by atoms with Gasteiger partial charge in [0.15, 0.2) is 0 Å². The maximum atomic E-state index is 12.2. The average Bonchev–Trinajstić information content (AvgIpc) is 2.44. The Kier molecular flexibility index (Phi) is 5.82. The number of aromatic nitrogens is 1. The third-order valence-electron chi connectivity index (χ3n) is 3.35. The van der Waals surface area contributed by atoms with Gasteiger partial charge in [-0.3, -0.25) is 9.78 Å². The van der Waals surface area contributed by atoms with E-state index < -0.39 is 6.04 Å². The van der Waals surface area contributed by atoms with Crippen molar-refractivity contribution in [3.05, 3.63) is 30.1 Å². The Balaban J connectivity index is 2.54. The lowest BCUT2D eigenvalue weighted by molar-refractivity contribution is -0.131. The summed E-state index contributed by atoms with van der Waals surface area (Å²) in [4.78, 5) is 18.2. The Bertz CT molecular complexity index is 408. The molecule has 0 fully saturated rings. The first-order valence-electron chi connectivity index (χ1n) is 6.34. The number of likely N-dealkylation sites (N-methyl/N-ethyl adjacent to an activating group) is 1. The standard InChI is InChI=1S/C14H23N3OS/c1-14(2,19-4)12(15)13(18)17(3)10-8-11-7-5-6-9-16-11/h5-7,9,12H,8,10,15H2,1-4H3/t12-/m1/s1. The number of amides is 1. The molecule has 1 aromatic heterocycles. The van der Waals surface area contributed by atoms with Gasteiger partial charge >= 0.3 is 0 Å². The van der Waals surface area contributed by atoms with Crippen LogP contribution in [0.4, 0.5) is 0 Å². The summed E-state index contributed by atoms with van der Waals surface area (Å²) in [6.07, 6.45) is 4.48. The zero-order valence-electron chi connectivity index (χ0n) is 12.1. The Morgan fingerprint density at radius 1 is 1.53 bits per heavy atom. The summed E-state index contributed by atoms with van der Waals surface area (Å²) in [5, 5.41) is 0. The van der Waals surface area contributed by atoms with Crippen LogP contribution < -0.4 is 5.73 Å². The largest absolute Gasteiger partial charge is 0.344 e. The Hall–Kier alpha value is -1.07. The molecule has 1 atom stereocenters. The second-order valence-electron chi connectivity index (χ2n) is 5.12. The third-order valence-corrected chi connectivity index (χ3v) is 4.65. The minimum absolute atomic E-state index is 0.0183. The summed E-state index contributed by atoms with van der Waals surface area (Å²) in [7, 11) is 1.79. The molecule has 0 aliphatic rings. The third kappa shape index (κ3) is 4.51. The molecule has 4 nitrogen and oxygen atoms in total. The molecule has 1 heterocycles. The zero-order valence-corrected chi connectivity index (χ0v) is 12.9. The molecule has 1 amide bonds. The van der Waals surface area contributed by atoms with Crippen molar-refractivity contribution in [2.45, 2.75) is 31.1 Å². The van der Waals surface area contributed by atoms with Gasteiger partial charge < -0.3 is 10.6 Å². The van der Waals surface area contributed by atoms with E-state index in [1.54, 1.807) is 29.9 Å². The first kappa shape index (κ1) is 16.0. The van der Waals surface area contributed by atoms with Crippen molar-refractivity contribution in [3.8, 4) is 0 Å². The highest BCUT2D eigenvalue weighted by Crippen LogP contribution is 2.25. The van der Waals surface area contributed by atoms with Crippen LogP contribution in [0.1, 0.15) is 19.5 Å². The van der Waals surface area contributed by atoms with Gasteiger partial charge in [-0.1, -0.05) is 6.07 Å². The summed E-state index contributed by atoms with van der Waals surface area (Å²) in [6.45, 7) is 4.62. The molecule has 0 aromatic carbocycles. The van der Waals surface area contributed by atoms with Crippen LogP contribution in [0.5, 0.6) is 0 Å².